The lowest BCUT2D eigenvalue weighted by molar-refractivity contribution is -0.116. The van der Waals surface area contributed by atoms with Crippen molar-refractivity contribution in [3.8, 4) is 0 Å². The Labute approximate surface area is 121 Å². The van der Waals surface area contributed by atoms with Crippen molar-refractivity contribution in [3.05, 3.63) is 22.7 Å². The summed E-state index contributed by atoms with van der Waals surface area (Å²) in [4.78, 5) is 23.8. The molecule has 0 bridgehead atoms. The third kappa shape index (κ3) is 4.22. The van der Waals surface area contributed by atoms with Gasteiger partial charge in [-0.05, 0) is 13.8 Å². The molecule has 0 aromatic rings. The molecule has 0 saturated heterocycles. The van der Waals surface area contributed by atoms with Crippen molar-refractivity contribution in [1.29, 1.82) is 0 Å². The van der Waals surface area contributed by atoms with E-state index in [1.54, 1.807) is 41.5 Å². The quantitative estimate of drug-likeness (QED) is 0.468. The molecule has 0 aromatic carbocycles. The zero-order valence-corrected chi connectivity index (χ0v) is 13.7. The number of Topliss-reactive ketones (excluding diaryl/α,β-unsaturated/α-hetero) is 2. The van der Waals surface area contributed by atoms with Gasteiger partial charge in [0, 0.05) is 10.8 Å². The van der Waals surface area contributed by atoms with Crippen molar-refractivity contribution in [3.63, 3.8) is 0 Å². The summed E-state index contributed by atoms with van der Waals surface area (Å²) in [5, 5.41) is 20.6. The predicted molar refractivity (Wildman–Crippen MR) is 79.6 cm³/mol. The minimum atomic E-state index is -0.695. The van der Waals surface area contributed by atoms with Crippen LogP contribution < -0.4 is 0 Å². The van der Waals surface area contributed by atoms with E-state index in [9.17, 15) is 19.8 Å². The number of hydrogen-bond acceptors (Lipinski definition) is 4. The first-order valence-corrected chi connectivity index (χ1v) is 6.61. The zero-order chi connectivity index (χ0) is 16.5. The van der Waals surface area contributed by atoms with E-state index in [2.05, 4.69) is 0 Å². The lowest BCUT2D eigenvalue weighted by Gasteiger charge is -2.25. The average molecular weight is 282 g/mol. The van der Waals surface area contributed by atoms with Gasteiger partial charge in [-0.1, -0.05) is 41.5 Å². The van der Waals surface area contributed by atoms with Crippen molar-refractivity contribution < 1.29 is 19.8 Å². The monoisotopic (exact) mass is 282 g/mol. The highest BCUT2D eigenvalue weighted by atomic mass is 16.3. The first-order valence-electron chi connectivity index (χ1n) is 6.61. The van der Waals surface area contributed by atoms with Crippen LogP contribution in [-0.4, -0.2) is 21.8 Å². The number of allylic oxidation sites excluding steroid dienone is 4. The second-order valence-corrected chi connectivity index (χ2v) is 7.06. The molecule has 0 rings (SSSR count). The smallest absolute Gasteiger partial charge is 0.164 e. The summed E-state index contributed by atoms with van der Waals surface area (Å²) in [5.74, 6) is -1.27. The van der Waals surface area contributed by atoms with Crippen molar-refractivity contribution in [2.75, 3.05) is 0 Å². The van der Waals surface area contributed by atoms with Crippen LogP contribution in [-0.2, 0) is 9.59 Å². The minimum Gasteiger partial charge on any atom is -0.511 e. The summed E-state index contributed by atoms with van der Waals surface area (Å²) in [5.41, 5.74) is -1.59. The number of carbonyl (C=O) groups excluding carboxylic acids is 2. The molecule has 114 valence electrons. The fourth-order valence-electron chi connectivity index (χ4n) is 1.67. The van der Waals surface area contributed by atoms with Crippen molar-refractivity contribution in [2.45, 2.75) is 55.4 Å². The lowest BCUT2D eigenvalue weighted by atomic mass is 9.81. The highest BCUT2D eigenvalue weighted by Gasteiger charge is 2.32. The zero-order valence-electron chi connectivity index (χ0n) is 13.7. The van der Waals surface area contributed by atoms with E-state index < -0.39 is 22.4 Å². The lowest BCUT2D eigenvalue weighted by Crippen LogP contribution is -2.23. The van der Waals surface area contributed by atoms with Crippen LogP contribution in [0.5, 0.6) is 0 Å². The molecule has 4 heteroatoms. The van der Waals surface area contributed by atoms with Crippen molar-refractivity contribution in [1.82, 2.24) is 0 Å². The van der Waals surface area contributed by atoms with Gasteiger partial charge in [-0.3, -0.25) is 9.59 Å². The second-order valence-electron chi connectivity index (χ2n) is 7.06. The summed E-state index contributed by atoms with van der Waals surface area (Å²) < 4.78 is 0. The topological polar surface area (TPSA) is 74.6 Å². The molecule has 20 heavy (non-hydrogen) atoms. The Morgan fingerprint density at radius 3 is 0.950 bits per heavy atom. The molecule has 0 aromatic heterocycles. The van der Waals surface area contributed by atoms with E-state index in [4.69, 9.17) is 0 Å². The summed E-state index contributed by atoms with van der Waals surface area (Å²) in [6, 6.07) is 0. The maximum absolute atomic E-state index is 11.9. The SMILES string of the molecule is CC(=O)C(/C(C(C)=O)=C(\O)C(C)(C)C)=C(/O)C(C)(C)C. The molecule has 0 spiro atoms. The van der Waals surface area contributed by atoms with Gasteiger partial charge in [0.1, 0.15) is 11.5 Å². The average Bonchev–Trinajstić information content (AvgIpc) is 2.19. The molecule has 0 saturated carbocycles. The number of aliphatic hydroxyl groups excluding tert-OH is 2. The Bertz CT molecular complexity index is 434. The largest absolute Gasteiger partial charge is 0.511 e. The standard InChI is InChI=1S/C16H26O4/c1-9(17)11(13(19)15(3,4)5)12(10(2)18)14(20)16(6,7)8/h19-20H,1-8H3/b13-11-,14-12-. The molecular weight excluding hydrogens is 256 g/mol. The second kappa shape index (κ2) is 5.81. The van der Waals surface area contributed by atoms with E-state index in [-0.39, 0.29) is 22.7 Å². The third-order valence-electron chi connectivity index (χ3n) is 2.85. The predicted octanol–water partition coefficient (Wildman–Crippen LogP) is 3.88. The number of rotatable bonds is 3. The van der Waals surface area contributed by atoms with E-state index in [1.807, 2.05) is 0 Å². The van der Waals surface area contributed by atoms with Crippen LogP contribution in [0.3, 0.4) is 0 Å². The van der Waals surface area contributed by atoms with Gasteiger partial charge in [-0.2, -0.15) is 0 Å². The number of carbonyl (C=O) groups is 2. The highest BCUT2D eigenvalue weighted by molar-refractivity contribution is 6.11. The van der Waals surface area contributed by atoms with Crippen LogP contribution >= 0.6 is 0 Å². The fourth-order valence-corrected chi connectivity index (χ4v) is 1.67. The van der Waals surface area contributed by atoms with Gasteiger partial charge >= 0.3 is 0 Å². The Balaban J connectivity index is 6.60. The number of ketones is 2. The van der Waals surface area contributed by atoms with Crippen LogP contribution in [0.25, 0.3) is 0 Å². The van der Waals surface area contributed by atoms with Gasteiger partial charge < -0.3 is 10.2 Å². The molecule has 0 heterocycles. The van der Waals surface area contributed by atoms with Gasteiger partial charge in [0.15, 0.2) is 11.6 Å². The van der Waals surface area contributed by atoms with Crippen LogP contribution in [0.1, 0.15) is 55.4 Å². The number of hydrogen-bond donors (Lipinski definition) is 2. The summed E-state index contributed by atoms with van der Waals surface area (Å²) in [6.07, 6.45) is 0. The maximum Gasteiger partial charge on any atom is 0.164 e. The van der Waals surface area contributed by atoms with E-state index in [0.717, 1.165) is 0 Å². The molecule has 2 N–H and O–H groups in total. The van der Waals surface area contributed by atoms with Gasteiger partial charge in [0.25, 0.3) is 0 Å². The summed E-state index contributed by atoms with van der Waals surface area (Å²) in [7, 11) is 0. The Kier molecular flexibility index (Phi) is 5.36. The molecular formula is C16H26O4. The molecule has 0 radical (unpaired) electrons. The summed E-state index contributed by atoms with van der Waals surface area (Å²) in [6.45, 7) is 12.9. The molecule has 0 fully saturated rings. The fraction of sp³-hybridized carbons (Fsp3) is 0.625. The molecule has 0 aliphatic carbocycles. The molecule has 0 aliphatic rings. The van der Waals surface area contributed by atoms with Crippen LogP contribution in [0.15, 0.2) is 22.7 Å². The van der Waals surface area contributed by atoms with E-state index >= 15 is 0 Å². The molecule has 0 amide bonds. The molecule has 0 unspecified atom stereocenters. The number of aliphatic hydroxyl groups is 2. The molecule has 0 atom stereocenters. The first kappa shape index (κ1) is 18.4. The van der Waals surface area contributed by atoms with Crippen molar-refractivity contribution >= 4 is 11.6 Å². The van der Waals surface area contributed by atoms with E-state index in [1.165, 1.54) is 13.8 Å². The van der Waals surface area contributed by atoms with E-state index in [0.29, 0.717) is 0 Å². The van der Waals surface area contributed by atoms with Gasteiger partial charge in [0.2, 0.25) is 0 Å². The van der Waals surface area contributed by atoms with Gasteiger partial charge in [-0.25, -0.2) is 0 Å². The first-order chi connectivity index (χ1) is 8.71. The Morgan fingerprint density at radius 2 is 0.850 bits per heavy atom. The Morgan fingerprint density at radius 1 is 0.650 bits per heavy atom. The third-order valence-corrected chi connectivity index (χ3v) is 2.85. The highest BCUT2D eigenvalue weighted by Crippen LogP contribution is 2.34. The maximum atomic E-state index is 11.9. The van der Waals surface area contributed by atoms with Gasteiger partial charge in [-0.15, -0.1) is 0 Å². The normalized spacial score (nSPS) is 15.4. The van der Waals surface area contributed by atoms with Crippen molar-refractivity contribution in [2.24, 2.45) is 10.8 Å². The molecule has 4 nitrogen and oxygen atoms in total. The molecule has 0 aliphatic heterocycles. The van der Waals surface area contributed by atoms with Gasteiger partial charge in [0.05, 0.1) is 11.1 Å². The van der Waals surface area contributed by atoms with Crippen LogP contribution in [0.2, 0.25) is 0 Å². The Hall–Kier alpha value is -1.58. The minimum absolute atomic E-state index is 0.0996. The van der Waals surface area contributed by atoms with Crippen LogP contribution in [0, 0.1) is 10.8 Å². The summed E-state index contributed by atoms with van der Waals surface area (Å²) >= 11 is 0. The van der Waals surface area contributed by atoms with Crippen LogP contribution in [0.4, 0.5) is 0 Å².